The van der Waals surface area contributed by atoms with Crippen LogP contribution in [0, 0.1) is 11.8 Å². The summed E-state index contributed by atoms with van der Waals surface area (Å²) in [5.74, 6) is -1.47. The van der Waals surface area contributed by atoms with E-state index in [1.54, 1.807) is 24.3 Å². The van der Waals surface area contributed by atoms with E-state index in [4.69, 9.17) is 5.14 Å². The van der Waals surface area contributed by atoms with Crippen LogP contribution in [0.25, 0.3) is 0 Å². The van der Waals surface area contributed by atoms with Crippen molar-refractivity contribution < 1.29 is 18.0 Å². The minimum Gasteiger partial charge on any atom is -0.322 e. The minimum atomic E-state index is -4.06. The number of primary sulfonamides is 1. The highest BCUT2D eigenvalue weighted by atomic mass is 79.9. The molecule has 0 saturated heterocycles. The van der Waals surface area contributed by atoms with Crippen LogP contribution in [-0.2, 0) is 21.9 Å². The molecule has 2 atom stereocenters. The number of nitrogens with one attached hydrogen (secondary N) is 1. The molecule has 1 amide bonds. The number of benzene rings is 1. The zero-order valence-corrected chi connectivity index (χ0v) is 17.7. The van der Waals surface area contributed by atoms with Crippen LogP contribution in [0.4, 0.5) is 5.69 Å². The summed E-state index contributed by atoms with van der Waals surface area (Å²) in [6.45, 7) is 0. The predicted octanol–water partition coefficient (Wildman–Crippen LogP) is 2.46. The molecule has 1 unspecified atom stereocenters. The van der Waals surface area contributed by atoms with Crippen molar-refractivity contribution in [2.75, 3.05) is 5.32 Å². The molecular weight excluding hydrogens is 448 g/mol. The highest BCUT2D eigenvalue weighted by molar-refractivity contribution is 9.10. The number of carbonyl (C=O) groups is 2. The van der Waals surface area contributed by atoms with E-state index in [-0.39, 0.29) is 16.5 Å². The number of amides is 1. The fraction of sp³-hybridized carbons (Fsp3) is 0.389. The van der Waals surface area contributed by atoms with Gasteiger partial charge in [0.15, 0.2) is 10.8 Å². The van der Waals surface area contributed by atoms with Crippen molar-refractivity contribution in [3.8, 4) is 0 Å². The summed E-state index contributed by atoms with van der Waals surface area (Å²) in [7, 11) is -2.63. The molecule has 1 aliphatic carbocycles. The average molecular weight is 469 g/mol. The normalized spacial score (nSPS) is 20.0. The Balaban J connectivity index is 1.84. The molecule has 8 nitrogen and oxygen atoms in total. The number of hydrogen-bond acceptors (Lipinski definition) is 5. The van der Waals surface area contributed by atoms with Crippen molar-refractivity contribution >= 4 is 43.3 Å². The number of carbonyl (C=O) groups excluding carboxylic acids is 2. The van der Waals surface area contributed by atoms with Crippen LogP contribution in [0.1, 0.15) is 36.0 Å². The number of hydrogen-bond donors (Lipinski definition) is 2. The van der Waals surface area contributed by atoms with Gasteiger partial charge in [-0.2, -0.15) is 5.10 Å². The average Bonchev–Trinajstić information content (AvgIpc) is 3.02. The molecule has 1 aliphatic rings. The molecular formula is C18H21BrN4O4S. The highest BCUT2D eigenvalue weighted by Crippen LogP contribution is 2.34. The Morgan fingerprint density at radius 3 is 2.39 bits per heavy atom. The molecule has 3 N–H and O–H groups in total. The molecule has 0 aliphatic heterocycles. The lowest BCUT2D eigenvalue weighted by Crippen LogP contribution is -2.36. The van der Waals surface area contributed by atoms with E-state index >= 15 is 0 Å². The Morgan fingerprint density at radius 1 is 1.18 bits per heavy atom. The zero-order valence-electron chi connectivity index (χ0n) is 15.3. The topological polar surface area (TPSA) is 124 Å². The Bertz CT molecular complexity index is 1000. The molecule has 0 bridgehead atoms. The molecule has 1 aromatic carbocycles. The maximum absolute atomic E-state index is 13.0. The molecule has 3 rings (SSSR count). The van der Waals surface area contributed by atoms with Crippen LogP contribution < -0.4 is 10.5 Å². The third-order valence-electron chi connectivity index (χ3n) is 4.98. The fourth-order valence-electron chi connectivity index (χ4n) is 3.66. The van der Waals surface area contributed by atoms with E-state index in [1.807, 2.05) is 0 Å². The number of sulfonamides is 1. The van der Waals surface area contributed by atoms with Gasteiger partial charge in [-0.15, -0.1) is 0 Å². The Hall–Kier alpha value is -2.04. The Morgan fingerprint density at radius 2 is 1.79 bits per heavy atom. The van der Waals surface area contributed by atoms with Crippen molar-refractivity contribution in [3.63, 3.8) is 0 Å². The van der Waals surface area contributed by atoms with Crippen LogP contribution in [0.3, 0.4) is 0 Å². The van der Waals surface area contributed by atoms with Gasteiger partial charge in [0.1, 0.15) is 0 Å². The zero-order chi connectivity index (χ0) is 20.5. The minimum absolute atomic E-state index is 0.0235. The van der Waals surface area contributed by atoms with Gasteiger partial charge in [-0.3, -0.25) is 14.3 Å². The van der Waals surface area contributed by atoms with Crippen molar-refractivity contribution in [2.24, 2.45) is 24.0 Å². The largest absolute Gasteiger partial charge is 0.322 e. The lowest BCUT2D eigenvalue weighted by Gasteiger charge is -2.29. The number of ketones is 1. The van der Waals surface area contributed by atoms with Gasteiger partial charge in [-0.05, 0) is 25.0 Å². The lowest BCUT2D eigenvalue weighted by molar-refractivity contribution is -0.122. The van der Waals surface area contributed by atoms with Crippen LogP contribution in [0.15, 0.2) is 40.0 Å². The van der Waals surface area contributed by atoms with Gasteiger partial charge in [-0.1, -0.05) is 40.9 Å². The second-order valence-electron chi connectivity index (χ2n) is 6.89. The first-order valence-electron chi connectivity index (χ1n) is 8.84. The van der Waals surface area contributed by atoms with Crippen molar-refractivity contribution in [1.82, 2.24) is 9.78 Å². The number of rotatable bonds is 5. The first kappa shape index (κ1) is 20.7. The number of halogens is 1. The molecule has 150 valence electrons. The number of aryl methyl sites for hydroxylation is 1. The summed E-state index contributed by atoms with van der Waals surface area (Å²) in [5, 5.41) is 11.4. The summed E-state index contributed by atoms with van der Waals surface area (Å²) in [5.41, 5.74) is 0.579. The van der Waals surface area contributed by atoms with Crippen LogP contribution in [0.2, 0.25) is 0 Å². The second-order valence-corrected chi connectivity index (χ2v) is 9.28. The third-order valence-corrected chi connectivity index (χ3v) is 6.53. The number of nitrogens with zero attached hydrogens (tertiary/aromatic N) is 2. The smallest absolute Gasteiger partial charge is 0.257 e. The molecule has 1 saturated carbocycles. The summed E-state index contributed by atoms with van der Waals surface area (Å²) in [6.07, 6.45) is 4.11. The Kier molecular flexibility index (Phi) is 6.01. The predicted molar refractivity (Wildman–Crippen MR) is 107 cm³/mol. The van der Waals surface area contributed by atoms with Crippen molar-refractivity contribution in [1.29, 1.82) is 0 Å². The van der Waals surface area contributed by atoms with Gasteiger partial charge in [0.05, 0.1) is 11.9 Å². The van der Waals surface area contributed by atoms with E-state index in [9.17, 15) is 18.0 Å². The molecule has 1 aromatic heterocycles. The molecule has 1 heterocycles. The number of aromatic nitrogens is 2. The number of nitrogens with two attached hydrogens (primary N) is 1. The van der Waals surface area contributed by atoms with Gasteiger partial charge in [0, 0.05) is 28.9 Å². The van der Waals surface area contributed by atoms with Crippen LogP contribution >= 0.6 is 15.9 Å². The molecule has 1 fully saturated rings. The summed E-state index contributed by atoms with van der Waals surface area (Å²) in [4.78, 5) is 25.9. The summed E-state index contributed by atoms with van der Waals surface area (Å²) in [6, 6.07) is 7.05. The SMILES string of the molecule is Cn1ncc(NC(=O)[C@@H]2CCCCC2C(=O)c2ccc(Br)cc2)c1S(N)(=O)=O. The van der Waals surface area contributed by atoms with E-state index in [0.717, 1.165) is 22.0 Å². The van der Waals surface area contributed by atoms with Gasteiger partial charge in [0.25, 0.3) is 10.0 Å². The molecule has 2 aromatic rings. The number of Topliss-reactive ketones (excluding diaryl/α,β-unsaturated/α-hetero) is 1. The molecule has 0 spiro atoms. The van der Waals surface area contributed by atoms with Crippen LogP contribution in [0.5, 0.6) is 0 Å². The summed E-state index contributed by atoms with van der Waals surface area (Å²) >= 11 is 3.34. The van der Waals surface area contributed by atoms with Gasteiger partial charge in [-0.25, -0.2) is 13.6 Å². The van der Waals surface area contributed by atoms with E-state index in [0.29, 0.717) is 18.4 Å². The first-order valence-corrected chi connectivity index (χ1v) is 11.2. The van der Waals surface area contributed by atoms with Gasteiger partial charge in [0.2, 0.25) is 5.91 Å². The van der Waals surface area contributed by atoms with Crippen molar-refractivity contribution in [2.45, 2.75) is 30.7 Å². The standard InChI is InChI=1S/C18H21BrN4O4S/c1-23-18(28(20,26)27)15(10-21-23)22-17(25)14-5-3-2-4-13(14)16(24)11-6-8-12(19)9-7-11/h6-10,13-14H,2-5H2,1H3,(H,22,25)(H2,20,26,27)/t13?,14-/m1/s1. The van der Waals surface area contributed by atoms with E-state index in [1.165, 1.54) is 13.2 Å². The van der Waals surface area contributed by atoms with Gasteiger partial charge < -0.3 is 5.32 Å². The van der Waals surface area contributed by atoms with Crippen LogP contribution in [-0.4, -0.2) is 29.9 Å². The maximum atomic E-state index is 13.0. The maximum Gasteiger partial charge on any atom is 0.257 e. The van der Waals surface area contributed by atoms with E-state index in [2.05, 4.69) is 26.3 Å². The second kappa shape index (κ2) is 8.14. The lowest BCUT2D eigenvalue weighted by atomic mass is 9.75. The Labute approximate surface area is 171 Å². The third kappa shape index (κ3) is 4.34. The molecule has 28 heavy (non-hydrogen) atoms. The first-order chi connectivity index (χ1) is 13.2. The monoisotopic (exact) mass is 468 g/mol. The van der Waals surface area contributed by atoms with Crippen molar-refractivity contribution in [3.05, 3.63) is 40.5 Å². The summed E-state index contributed by atoms with van der Waals surface area (Å²) < 4.78 is 25.5. The van der Waals surface area contributed by atoms with E-state index < -0.39 is 27.8 Å². The molecule has 0 radical (unpaired) electrons. The fourth-order valence-corrected chi connectivity index (χ4v) is 4.75. The quantitative estimate of drug-likeness (QED) is 0.651. The van der Waals surface area contributed by atoms with Gasteiger partial charge >= 0.3 is 0 Å². The number of anilines is 1. The molecule has 10 heteroatoms. The highest BCUT2D eigenvalue weighted by Gasteiger charge is 2.36.